The van der Waals surface area contributed by atoms with E-state index >= 15 is 0 Å². The van der Waals surface area contributed by atoms with E-state index in [1.54, 1.807) is 36.4 Å². The van der Waals surface area contributed by atoms with Gasteiger partial charge < -0.3 is 19.9 Å². The van der Waals surface area contributed by atoms with E-state index in [1.165, 1.54) is 6.21 Å². The fourth-order valence-electron chi connectivity index (χ4n) is 6.96. The van der Waals surface area contributed by atoms with Crippen molar-refractivity contribution in [3.63, 3.8) is 0 Å². The summed E-state index contributed by atoms with van der Waals surface area (Å²) in [5, 5.41) is 4.00. The third-order valence-corrected chi connectivity index (χ3v) is 9.30. The number of amides is 2. The summed E-state index contributed by atoms with van der Waals surface area (Å²) in [5.74, 6) is -0.557. The number of benzene rings is 2. The molecule has 41 heavy (non-hydrogen) atoms. The lowest BCUT2D eigenvalue weighted by atomic mass is 9.58. The van der Waals surface area contributed by atoms with Crippen molar-refractivity contribution in [2.24, 2.45) is 34.5 Å². The Balaban J connectivity index is 1.06. The lowest BCUT2D eigenvalue weighted by Crippen LogP contribution is -2.70. The maximum absolute atomic E-state index is 12.5. The van der Waals surface area contributed by atoms with Crippen LogP contribution in [0.25, 0.3) is 0 Å². The number of carbonyl (C=O) groups is 2. The number of hydrazone groups is 1. The van der Waals surface area contributed by atoms with E-state index in [0.717, 1.165) is 36.8 Å². The van der Waals surface area contributed by atoms with Crippen LogP contribution in [0.2, 0.25) is 0 Å². The number of ether oxygens (including phenoxy) is 3. The fourth-order valence-corrected chi connectivity index (χ4v) is 6.96. The van der Waals surface area contributed by atoms with E-state index < -0.39 is 29.9 Å². The molecule has 1 saturated carbocycles. The molecule has 0 radical (unpaired) electrons. The molecule has 4 aliphatic heterocycles. The van der Waals surface area contributed by atoms with E-state index in [4.69, 9.17) is 29.7 Å². The van der Waals surface area contributed by atoms with E-state index in [9.17, 15) is 9.59 Å². The zero-order valence-electron chi connectivity index (χ0n) is 23.6. The molecule has 2 amide bonds. The molecule has 3 N–H and O–H groups in total. The second-order valence-corrected chi connectivity index (χ2v) is 12.0. The molecule has 2 bridgehead atoms. The van der Waals surface area contributed by atoms with Gasteiger partial charge in [-0.15, -0.1) is 0 Å². The predicted molar refractivity (Wildman–Crippen MR) is 148 cm³/mol. The number of nitrogens with zero attached hydrogens (tertiary/aromatic N) is 1. The summed E-state index contributed by atoms with van der Waals surface area (Å²) < 4.78 is 19.2. The van der Waals surface area contributed by atoms with Crippen LogP contribution in [0.15, 0.2) is 53.6 Å². The van der Waals surface area contributed by atoms with Crippen molar-refractivity contribution in [3.05, 3.63) is 70.8 Å². The molecule has 8 atom stereocenters. The van der Waals surface area contributed by atoms with Crippen molar-refractivity contribution in [1.29, 1.82) is 0 Å². The molecule has 218 valence electrons. The second kappa shape index (κ2) is 10.9. The Morgan fingerprint density at radius 3 is 2.49 bits per heavy atom. The molecule has 4 saturated heterocycles. The largest absolute Gasteiger partial charge is 0.366 e. The van der Waals surface area contributed by atoms with Crippen molar-refractivity contribution >= 4 is 18.0 Å². The summed E-state index contributed by atoms with van der Waals surface area (Å²) in [6, 6.07) is 13.8. The molecular formula is C31H37N3O7. The topological polar surface area (TPSA) is 131 Å². The van der Waals surface area contributed by atoms with Crippen LogP contribution in [0.3, 0.4) is 0 Å². The van der Waals surface area contributed by atoms with E-state index in [0.29, 0.717) is 29.6 Å². The van der Waals surface area contributed by atoms with Gasteiger partial charge in [-0.05, 0) is 73.4 Å². The van der Waals surface area contributed by atoms with Gasteiger partial charge in [-0.1, -0.05) is 38.1 Å². The van der Waals surface area contributed by atoms with Crippen LogP contribution in [0, 0.1) is 23.7 Å². The van der Waals surface area contributed by atoms with Crippen molar-refractivity contribution in [1.82, 2.24) is 5.43 Å². The Morgan fingerprint density at radius 2 is 1.76 bits per heavy atom. The number of hydrogen-bond donors (Lipinski definition) is 2. The fraction of sp³-hybridized carbons (Fsp3) is 0.516. The van der Waals surface area contributed by atoms with Gasteiger partial charge in [0.05, 0.1) is 12.8 Å². The Morgan fingerprint density at radius 1 is 1.02 bits per heavy atom. The Kier molecular flexibility index (Phi) is 7.46. The van der Waals surface area contributed by atoms with Gasteiger partial charge in [0.1, 0.15) is 0 Å². The van der Waals surface area contributed by atoms with Crippen LogP contribution in [0.5, 0.6) is 0 Å². The van der Waals surface area contributed by atoms with Crippen LogP contribution in [-0.4, -0.2) is 42.0 Å². The molecule has 4 unspecified atom stereocenters. The molecule has 10 heteroatoms. The number of fused-ring (bicyclic) bond motifs is 2. The quantitative estimate of drug-likeness (QED) is 0.292. The lowest BCUT2D eigenvalue weighted by Gasteiger charge is -2.60. The molecule has 10 nitrogen and oxygen atoms in total. The van der Waals surface area contributed by atoms with Gasteiger partial charge in [-0.2, -0.15) is 5.10 Å². The highest BCUT2D eigenvalue weighted by atomic mass is 17.3. The van der Waals surface area contributed by atoms with Gasteiger partial charge in [0.15, 0.2) is 18.2 Å². The first-order chi connectivity index (χ1) is 19.7. The lowest BCUT2D eigenvalue weighted by molar-refractivity contribution is -0.577. The van der Waals surface area contributed by atoms with Crippen molar-refractivity contribution in [2.45, 2.75) is 77.0 Å². The normalized spacial score (nSPS) is 36.0. The average molecular weight is 564 g/mol. The van der Waals surface area contributed by atoms with Crippen LogP contribution in [0.4, 0.5) is 0 Å². The third-order valence-electron chi connectivity index (χ3n) is 9.30. The summed E-state index contributed by atoms with van der Waals surface area (Å²) in [7, 11) is 0. The smallest absolute Gasteiger partial charge is 0.271 e. The number of rotatable bonds is 7. The summed E-state index contributed by atoms with van der Waals surface area (Å²) in [4.78, 5) is 35.8. The first-order valence-electron chi connectivity index (χ1n) is 14.3. The number of nitrogens with one attached hydrogen (secondary N) is 1. The van der Waals surface area contributed by atoms with E-state index in [-0.39, 0.29) is 17.7 Å². The summed E-state index contributed by atoms with van der Waals surface area (Å²) >= 11 is 0. The van der Waals surface area contributed by atoms with Crippen LogP contribution in [0.1, 0.15) is 78.3 Å². The number of hydrogen-bond acceptors (Lipinski definition) is 8. The monoisotopic (exact) mass is 563 g/mol. The minimum absolute atomic E-state index is 0.0887. The van der Waals surface area contributed by atoms with Gasteiger partial charge in [-0.25, -0.2) is 15.2 Å². The minimum atomic E-state index is -0.821. The van der Waals surface area contributed by atoms with Gasteiger partial charge in [-0.3, -0.25) is 9.59 Å². The zero-order chi connectivity index (χ0) is 28.8. The maximum atomic E-state index is 12.5. The van der Waals surface area contributed by atoms with Gasteiger partial charge in [0.2, 0.25) is 11.7 Å². The standard InChI is InChI=1S/C31H37N3O7/c1-18-4-13-25-19(2)28(38-29-31(25)24(18)14-15-30(3,39-29)40-41-31)37-17-21-7-11-23(12-8-21)27(36)34-33-16-20-5-9-22(10-6-20)26(32)35/h5-12,16,18-19,24-25,28-29H,4,13-15,17H2,1-3H3,(H2,32,35)(H,34,36)/b33-16+/t18-,19-,24?,25?,28?,29?,30+,31-/m1/s1. The summed E-state index contributed by atoms with van der Waals surface area (Å²) in [6.45, 7) is 6.71. The molecule has 2 aromatic carbocycles. The van der Waals surface area contributed by atoms with Crippen LogP contribution < -0.4 is 11.2 Å². The summed E-state index contributed by atoms with van der Waals surface area (Å²) in [5.41, 5.74) is 9.67. The molecule has 2 aromatic rings. The first-order valence-corrected chi connectivity index (χ1v) is 14.3. The predicted octanol–water partition coefficient (Wildman–Crippen LogP) is 4.27. The zero-order valence-corrected chi connectivity index (χ0v) is 23.6. The van der Waals surface area contributed by atoms with E-state index in [1.807, 2.05) is 19.1 Å². The van der Waals surface area contributed by atoms with Crippen LogP contribution in [-0.2, 0) is 30.6 Å². The molecule has 7 rings (SSSR count). The SMILES string of the molecule is C[C@H]1C(OCc2ccc(C(=O)N/N=C/c3ccc(C(N)=O)cc3)cc2)OC2O[C@]3(C)CCC4[C@H](C)CCC1[C@@]24OO3. The Bertz CT molecular complexity index is 1320. The third kappa shape index (κ3) is 5.19. The number of primary amides is 1. The number of carbonyl (C=O) groups excluding carboxylic acids is 2. The van der Waals surface area contributed by atoms with Gasteiger partial charge in [0, 0.05) is 29.4 Å². The van der Waals surface area contributed by atoms with Crippen molar-refractivity contribution in [3.8, 4) is 0 Å². The summed E-state index contributed by atoms with van der Waals surface area (Å²) in [6.07, 6.45) is 4.40. The van der Waals surface area contributed by atoms with E-state index in [2.05, 4.69) is 24.4 Å². The molecule has 1 aliphatic carbocycles. The molecule has 5 fully saturated rings. The molecule has 1 spiro atoms. The van der Waals surface area contributed by atoms with Crippen LogP contribution >= 0.6 is 0 Å². The molecule has 5 aliphatic rings. The second-order valence-electron chi connectivity index (χ2n) is 12.0. The number of nitrogens with two attached hydrogens (primary N) is 1. The highest BCUT2D eigenvalue weighted by molar-refractivity contribution is 5.95. The van der Waals surface area contributed by atoms with Gasteiger partial charge in [0.25, 0.3) is 5.91 Å². The minimum Gasteiger partial charge on any atom is -0.366 e. The Hall–Kier alpha value is -3.15. The molecule has 4 heterocycles. The molecule has 0 aromatic heterocycles. The highest BCUT2D eigenvalue weighted by Gasteiger charge is 2.69. The highest BCUT2D eigenvalue weighted by Crippen LogP contribution is 2.60. The average Bonchev–Trinajstić information content (AvgIpc) is 3.20. The van der Waals surface area contributed by atoms with Crippen molar-refractivity contribution in [2.75, 3.05) is 0 Å². The maximum Gasteiger partial charge on any atom is 0.271 e. The van der Waals surface area contributed by atoms with Gasteiger partial charge >= 0.3 is 0 Å². The Labute approximate surface area is 239 Å². The van der Waals surface area contributed by atoms with Crippen molar-refractivity contribution < 1.29 is 33.6 Å². The first kappa shape index (κ1) is 28.0. The molecular weight excluding hydrogens is 526 g/mol.